The molecule has 1 amide bonds. The summed E-state index contributed by atoms with van der Waals surface area (Å²) in [5.74, 6) is -0.919. The van der Waals surface area contributed by atoms with E-state index in [-0.39, 0.29) is 23.5 Å². The third kappa shape index (κ3) is 5.30. The van der Waals surface area contributed by atoms with Crippen LogP contribution in [0.15, 0.2) is 54.5 Å². The monoisotopic (exact) mass is 503 g/mol. The van der Waals surface area contributed by atoms with Crippen molar-refractivity contribution in [2.75, 3.05) is 38.6 Å². The van der Waals surface area contributed by atoms with Crippen molar-refractivity contribution in [2.45, 2.75) is 24.8 Å². The first-order chi connectivity index (χ1) is 16.3. The van der Waals surface area contributed by atoms with Gasteiger partial charge in [-0.2, -0.15) is 4.31 Å². The largest absolute Gasteiger partial charge is 0.465 e. The topological polar surface area (TPSA) is 96.0 Å². The summed E-state index contributed by atoms with van der Waals surface area (Å²) in [4.78, 5) is 28.8. The summed E-state index contributed by atoms with van der Waals surface area (Å²) in [6.45, 7) is 12.0. The predicted molar refractivity (Wildman–Crippen MR) is 134 cm³/mol. The Labute approximate surface area is 204 Å². The Bertz CT molecular complexity index is 1180. The molecule has 2 aromatic rings. The third-order valence-electron chi connectivity index (χ3n) is 5.62. The molecule has 10 heteroatoms. The Morgan fingerprint density at radius 2 is 1.85 bits per heavy atom. The Kier molecular flexibility index (Phi) is 8.42. The molecule has 1 aromatic heterocycles. The first-order valence-electron chi connectivity index (χ1n) is 10.8. The lowest BCUT2D eigenvalue weighted by molar-refractivity contribution is 0.0600. The Hall–Kier alpha value is -2.79. The van der Waals surface area contributed by atoms with E-state index in [1.807, 2.05) is 0 Å². The number of methoxy groups -OCH3 is 1. The average Bonchev–Trinajstić information content (AvgIpc) is 3.20. The number of amides is 1. The SMILES string of the molecule is C=CCN(CC=C)S(=O)(=O)c1ccc(C(=O)Nc2sc3c(c2C(=O)OC)CCN(CC)C3)cc1. The molecule has 182 valence electrons. The van der Waals surface area contributed by atoms with E-state index in [0.29, 0.717) is 17.0 Å². The maximum Gasteiger partial charge on any atom is 0.341 e. The van der Waals surface area contributed by atoms with Gasteiger partial charge < -0.3 is 10.1 Å². The number of hydrogen-bond acceptors (Lipinski definition) is 7. The smallest absolute Gasteiger partial charge is 0.341 e. The van der Waals surface area contributed by atoms with Crippen LogP contribution in [0.1, 0.15) is 38.1 Å². The third-order valence-corrected chi connectivity index (χ3v) is 8.60. The number of esters is 1. The van der Waals surface area contributed by atoms with Gasteiger partial charge in [-0.15, -0.1) is 24.5 Å². The summed E-state index contributed by atoms with van der Waals surface area (Å²) >= 11 is 1.37. The molecule has 2 heterocycles. The van der Waals surface area contributed by atoms with Crippen LogP contribution < -0.4 is 5.32 Å². The van der Waals surface area contributed by atoms with Gasteiger partial charge in [0, 0.05) is 36.6 Å². The summed E-state index contributed by atoms with van der Waals surface area (Å²) in [6.07, 6.45) is 3.71. The Morgan fingerprint density at radius 1 is 1.21 bits per heavy atom. The molecule has 0 aliphatic carbocycles. The zero-order chi connectivity index (χ0) is 24.9. The van der Waals surface area contributed by atoms with Crippen molar-refractivity contribution < 1.29 is 22.7 Å². The number of nitrogens with zero attached hydrogens (tertiary/aromatic N) is 2. The van der Waals surface area contributed by atoms with E-state index in [4.69, 9.17) is 4.74 Å². The second kappa shape index (κ2) is 11.1. The number of carbonyl (C=O) groups excluding carboxylic acids is 2. The molecule has 0 bridgehead atoms. The number of sulfonamides is 1. The molecule has 0 radical (unpaired) electrons. The lowest BCUT2D eigenvalue weighted by Gasteiger charge is -2.25. The van der Waals surface area contributed by atoms with E-state index in [0.717, 1.165) is 30.1 Å². The van der Waals surface area contributed by atoms with E-state index < -0.39 is 21.9 Å². The molecule has 0 saturated heterocycles. The van der Waals surface area contributed by atoms with E-state index in [9.17, 15) is 18.0 Å². The lowest BCUT2D eigenvalue weighted by Crippen LogP contribution is -2.31. The number of anilines is 1. The van der Waals surface area contributed by atoms with Crippen LogP contribution in [0.3, 0.4) is 0 Å². The zero-order valence-corrected chi connectivity index (χ0v) is 21.0. The molecule has 1 N–H and O–H groups in total. The van der Waals surface area contributed by atoms with Crippen LogP contribution in [0.5, 0.6) is 0 Å². The van der Waals surface area contributed by atoms with Crippen molar-refractivity contribution in [1.82, 2.24) is 9.21 Å². The summed E-state index contributed by atoms with van der Waals surface area (Å²) < 4.78 is 32.0. The van der Waals surface area contributed by atoms with Gasteiger partial charge in [0.15, 0.2) is 0 Å². The summed E-state index contributed by atoms with van der Waals surface area (Å²) in [5, 5.41) is 3.27. The molecular formula is C24H29N3O5S2. The van der Waals surface area contributed by atoms with Crippen LogP contribution in [0.25, 0.3) is 0 Å². The number of thiophene rings is 1. The molecule has 34 heavy (non-hydrogen) atoms. The molecule has 1 aliphatic heterocycles. The van der Waals surface area contributed by atoms with Gasteiger partial charge in [-0.25, -0.2) is 13.2 Å². The number of likely N-dealkylation sites (N-methyl/N-ethyl adjacent to an activating group) is 1. The van der Waals surface area contributed by atoms with Gasteiger partial charge in [-0.1, -0.05) is 19.1 Å². The fourth-order valence-electron chi connectivity index (χ4n) is 3.79. The molecule has 8 nitrogen and oxygen atoms in total. The molecular weight excluding hydrogens is 474 g/mol. The van der Waals surface area contributed by atoms with Gasteiger partial charge in [-0.05, 0) is 42.8 Å². The molecule has 0 unspecified atom stereocenters. The number of rotatable bonds is 10. The lowest BCUT2D eigenvalue weighted by atomic mass is 10.0. The van der Waals surface area contributed by atoms with Crippen molar-refractivity contribution in [1.29, 1.82) is 0 Å². The molecule has 0 saturated carbocycles. The summed E-state index contributed by atoms with van der Waals surface area (Å²) in [7, 11) is -2.44. The molecule has 1 aromatic carbocycles. The van der Waals surface area contributed by atoms with Gasteiger partial charge in [0.25, 0.3) is 5.91 Å². The zero-order valence-electron chi connectivity index (χ0n) is 19.4. The van der Waals surface area contributed by atoms with Crippen LogP contribution in [-0.4, -0.2) is 62.8 Å². The highest BCUT2D eigenvalue weighted by atomic mass is 32.2. The standard InChI is InChI=1S/C24H29N3O5S2/c1-5-13-27(14-6-2)34(30,31)18-10-8-17(9-11-18)22(28)25-23-21(24(29)32-4)19-12-15-26(7-3)16-20(19)33-23/h5-6,8-11H,1-2,7,12-16H2,3-4H3,(H,25,28). The van der Waals surface area contributed by atoms with Gasteiger partial charge >= 0.3 is 5.97 Å². The highest BCUT2D eigenvalue weighted by molar-refractivity contribution is 7.89. The molecule has 3 rings (SSSR count). The highest BCUT2D eigenvalue weighted by Crippen LogP contribution is 2.37. The molecule has 1 aliphatic rings. The van der Waals surface area contributed by atoms with E-state index in [1.165, 1.54) is 59.2 Å². The Balaban J connectivity index is 1.85. The normalized spacial score (nSPS) is 13.9. The van der Waals surface area contributed by atoms with Crippen molar-refractivity contribution >= 4 is 38.2 Å². The van der Waals surface area contributed by atoms with Crippen molar-refractivity contribution in [3.05, 3.63) is 71.1 Å². The van der Waals surface area contributed by atoms with E-state index in [1.54, 1.807) is 0 Å². The highest BCUT2D eigenvalue weighted by Gasteiger charge is 2.29. The number of benzene rings is 1. The second-order valence-corrected chi connectivity index (χ2v) is 10.7. The Morgan fingerprint density at radius 3 is 2.41 bits per heavy atom. The maximum atomic E-state index is 13.0. The first kappa shape index (κ1) is 25.8. The van der Waals surface area contributed by atoms with Crippen LogP contribution in [0, 0.1) is 0 Å². The van der Waals surface area contributed by atoms with E-state index >= 15 is 0 Å². The maximum absolute atomic E-state index is 13.0. The average molecular weight is 504 g/mol. The molecule has 0 atom stereocenters. The van der Waals surface area contributed by atoms with Crippen molar-refractivity contribution in [3.8, 4) is 0 Å². The van der Waals surface area contributed by atoms with Crippen LogP contribution >= 0.6 is 11.3 Å². The minimum absolute atomic E-state index is 0.0641. The predicted octanol–water partition coefficient (Wildman–Crippen LogP) is 3.53. The first-order valence-corrected chi connectivity index (χ1v) is 13.1. The van der Waals surface area contributed by atoms with Crippen molar-refractivity contribution in [2.24, 2.45) is 0 Å². The van der Waals surface area contributed by atoms with Crippen molar-refractivity contribution in [3.63, 3.8) is 0 Å². The van der Waals surface area contributed by atoms with E-state index in [2.05, 4.69) is 30.3 Å². The minimum atomic E-state index is -3.76. The summed E-state index contributed by atoms with van der Waals surface area (Å²) in [5.41, 5.74) is 1.59. The van der Waals surface area contributed by atoms with Crippen LogP contribution in [0.2, 0.25) is 0 Å². The van der Waals surface area contributed by atoms with Crippen LogP contribution in [0.4, 0.5) is 5.00 Å². The number of ether oxygens (including phenoxy) is 1. The van der Waals surface area contributed by atoms with Gasteiger partial charge in [0.2, 0.25) is 10.0 Å². The van der Waals surface area contributed by atoms with Gasteiger partial charge in [0.05, 0.1) is 17.6 Å². The summed E-state index contributed by atoms with van der Waals surface area (Å²) in [6, 6.07) is 5.69. The molecule has 0 spiro atoms. The van der Waals surface area contributed by atoms with Gasteiger partial charge in [0.1, 0.15) is 5.00 Å². The number of hydrogen-bond donors (Lipinski definition) is 1. The second-order valence-electron chi connectivity index (χ2n) is 7.70. The molecule has 0 fully saturated rings. The van der Waals surface area contributed by atoms with Gasteiger partial charge in [-0.3, -0.25) is 9.69 Å². The minimum Gasteiger partial charge on any atom is -0.465 e. The number of fused-ring (bicyclic) bond motifs is 1. The number of nitrogens with one attached hydrogen (secondary N) is 1. The number of carbonyl (C=O) groups is 2. The fraction of sp³-hybridized carbons (Fsp3) is 0.333. The quantitative estimate of drug-likeness (QED) is 0.394. The van der Waals surface area contributed by atoms with Crippen LogP contribution in [-0.2, 0) is 27.7 Å². The fourth-order valence-corrected chi connectivity index (χ4v) is 6.45.